The first-order valence-electron chi connectivity index (χ1n) is 6.49. The van der Waals surface area contributed by atoms with Crippen LogP contribution in [0.1, 0.15) is 17.0 Å². The summed E-state index contributed by atoms with van der Waals surface area (Å²) in [6, 6.07) is 16.9. The van der Waals surface area contributed by atoms with Crippen molar-refractivity contribution in [2.24, 2.45) is 16.5 Å². The van der Waals surface area contributed by atoms with Gasteiger partial charge in [-0.2, -0.15) is 4.99 Å². The number of nitrogens with two attached hydrogens (primary N) is 2. The third-order valence-electron chi connectivity index (χ3n) is 3.07. The molecule has 5 heteroatoms. The maximum absolute atomic E-state index is 12.3. The van der Waals surface area contributed by atoms with E-state index in [1.54, 1.807) is 18.2 Å². The number of halogens is 1. The van der Waals surface area contributed by atoms with E-state index in [0.717, 1.165) is 11.1 Å². The van der Waals surface area contributed by atoms with Gasteiger partial charge in [0.1, 0.15) is 0 Å². The van der Waals surface area contributed by atoms with Crippen LogP contribution in [0.3, 0.4) is 0 Å². The van der Waals surface area contributed by atoms with E-state index in [1.165, 1.54) is 0 Å². The first-order valence-corrected chi connectivity index (χ1v) is 6.87. The van der Waals surface area contributed by atoms with Crippen LogP contribution in [0.2, 0.25) is 5.02 Å². The molecule has 0 aliphatic carbocycles. The lowest BCUT2D eigenvalue weighted by Gasteiger charge is -2.14. The highest BCUT2D eigenvalue weighted by molar-refractivity contribution is 6.30. The van der Waals surface area contributed by atoms with E-state index in [1.807, 2.05) is 36.4 Å². The van der Waals surface area contributed by atoms with Gasteiger partial charge in [-0.15, -0.1) is 0 Å². The fraction of sp³-hybridized carbons (Fsp3) is 0.125. The molecular weight excluding hydrogens is 286 g/mol. The average molecular weight is 302 g/mol. The van der Waals surface area contributed by atoms with Gasteiger partial charge in [0.05, 0.1) is 5.92 Å². The zero-order valence-electron chi connectivity index (χ0n) is 11.4. The lowest BCUT2D eigenvalue weighted by atomic mass is 9.91. The minimum atomic E-state index is -0.465. The number of hydrogen-bond acceptors (Lipinski definition) is 1. The Kier molecular flexibility index (Phi) is 4.95. The molecule has 4 nitrogen and oxygen atoms in total. The van der Waals surface area contributed by atoms with Crippen molar-refractivity contribution in [3.63, 3.8) is 0 Å². The molecule has 2 aromatic carbocycles. The fourth-order valence-electron chi connectivity index (χ4n) is 2.13. The van der Waals surface area contributed by atoms with E-state index in [2.05, 4.69) is 4.99 Å². The number of hydrogen-bond donors (Lipinski definition) is 2. The number of amides is 1. The van der Waals surface area contributed by atoms with Crippen LogP contribution in [0.5, 0.6) is 0 Å². The highest BCUT2D eigenvalue weighted by Crippen LogP contribution is 2.25. The third-order valence-corrected chi connectivity index (χ3v) is 3.31. The second-order valence-electron chi connectivity index (χ2n) is 4.67. The van der Waals surface area contributed by atoms with Crippen molar-refractivity contribution < 1.29 is 4.79 Å². The van der Waals surface area contributed by atoms with Gasteiger partial charge in [-0.25, -0.2) is 0 Å². The van der Waals surface area contributed by atoms with E-state index < -0.39 is 5.92 Å². The van der Waals surface area contributed by atoms with Crippen molar-refractivity contribution >= 4 is 23.5 Å². The van der Waals surface area contributed by atoms with Crippen molar-refractivity contribution in [1.82, 2.24) is 0 Å². The second kappa shape index (κ2) is 6.90. The molecule has 0 saturated carbocycles. The molecule has 1 unspecified atom stereocenters. The summed E-state index contributed by atoms with van der Waals surface area (Å²) in [6.07, 6.45) is 0.511. The Hall–Kier alpha value is -2.33. The number of guanidine groups is 1. The summed E-state index contributed by atoms with van der Waals surface area (Å²) < 4.78 is 0. The molecule has 1 atom stereocenters. The van der Waals surface area contributed by atoms with E-state index >= 15 is 0 Å². The van der Waals surface area contributed by atoms with Crippen molar-refractivity contribution in [2.45, 2.75) is 12.3 Å². The van der Waals surface area contributed by atoms with Crippen molar-refractivity contribution in [2.75, 3.05) is 0 Å². The minimum Gasteiger partial charge on any atom is -0.370 e. The lowest BCUT2D eigenvalue weighted by Crippen LogP contribution is -2.26. The maximum Gasteiger partial charge on any atom is 0.256 e. The summed E-state index contributed by atoms with van der Waals surface area (Å²) in [4.78, 5) is 15.9. The Labute approximate surface area is 128 Å². The molecule has 0 aliphatic heterocycles. The normalized spacial score (nSPS) is 11.7. The monoisotopic (exact) mass is 301 g/mol. The van der Waals surface area contributed by atoms with Gasteiger partial charge in [-0.1, -0.05) is 54.1 Å². The Balaban J connectivity index is 2.35. The number of nitrogens with zero attached hydrogens (tertiary/aromatic N) is 1. The number of aliphatic imine (C=N–C) groups is 1. The molecule has 0 heterocycles. The van der Waals surface area contributed by atoms with Crippen LogP contribution < -0.4 is 11.5 Å². The van der Waals surface area contributed by atoms with Gasteiger partial charge in [0.15, 0.2) is 5.96 Å². The zero-order chi connectivity index (χ0) is 15.2. The highest BCUT2D eigenvalue weighted by Gasteiger charge is 2.21. The minimum absolute atomic E-state index is 0.236. The molecular formula is C16H16ClN3O. The topological polar surface area (TPSA) is 81.5 Å². The highest BCUT2D eigenvalue weighted by atomic mass is 35.5. The molecule has 0 bridgehead atoms. The first-order chi connectivity index (χ1) is 10.1. The standard InChI is InChI=1S/C16H16ClN3O/c17-13-8-4-7-12(10-13)14(15(21)20-16(18)19)9-11-5-2-1-3-6-11/h1-8,10,14H,9H2,(H4,18,19,20,21). The first kappa shape index (κ1) is 15.1. The van der Waals surface area contributed by atoms with E-state index in [4.69, 9.17) is 23.1 Å². The van der Waals surface area contributed by atoms with E-state index in [-0.39, 0.29) is 11.9 Å². The largest absolute Gasteiger partial charge is 0.370 e. The molecule has 2 rings (SSSR count). The maximum atomic E-state index is 12.3. The molecule has 4 N–H and O–H groups in total. The number of benzene rings is 2. The molecule has 21 heavy (non-hydrogen) atoms. The predicted molar refractivity (Wildman–Crippen MR) is 85.2 cm³/mol. The van der Waals surface area contributed by atoms with Gasteiger partial charge in [-0.3, -0.25) is 4.79 Å². The Morgan fingerprint density at radius 1 is 1.10 bits per heavy atom. The van der Waals surface area contributed by atoms with Crippen LogP contribution in [0.25, 0.3) is 0 Å². The van der Waals surface area contributed by atoms with Crippen molar-refractivity contribution in [3.8, 4) is 0 Å². The number of rotatable bonds is 4. The predicted octanol–water partition coefficient (Wildman–Crippen LogP) is 2.47. The van der Waals surface area contributed by atoms with Gasteiger partial charge in [-0.05, 0) is 29.7 Å². The van der Waals surface area contributed by atoms with Crippen molar-refractivity contribution in [1.29, 1.82) is 0 Å². The van der Waals surface area contributed by atoms with Crippen LogP contribution in [0, 0.1) is 0 Å². The Morgan fingerprint density at radius 3 is 2.43 bits per heavy atom. The summed E-state index contributed by atoms with van der Waals surface area (Å²) in [6.45, 7) is 0. The van der Waals surface area contributed by atoms with Crippen LogP contribution in [0.15, 0.2) is 59.6 Å². The molecule has 0 aromatic heterocycles. The van der Waals surface area contributed by atoms with Gasteiger partial charge in [0.2, 0.25) is 0 Å². The molecule has 2 aromatic rings. The summed E-state index contributed by atoms with van der Waals surface area (Å²) in [5, 5.41) is 0.572. The molecule has 0 saturated heterocycles. The van der Waals surface area contributed by atoms with E-state index in [9.17, 15) is 4.79 Å². The Morgan fingerprint density at radius 2 is 1.81 bits per heavy atom. The average Bonchev–Trinajstić information content (AvgIpc) is 2.45. The summed E-state index contributed by atoms with van der Waals surface area (Å²) in [7, 11) is 0. The van der Waals surface area contributed by atoms with Crippen LogP contribution in [-0.2, 0) is 11.2 Å². The molecule has 108 valence electrons. The van der Waals surface area contributed by atoms with E-state index in [0.29, 0.717) is 11.4 Å². The fourth-order valence-corrected chi connectivity index (χ4v) is 2.32. The molecule has 0 fully saturated rings. The third kappa shape index (κ3) is 4.33. The summed E-state index contributed by atoms with van der Waals surface area (Å²) >= 11 is 6.01. The second-order valence-corrected chi connectivity index (χ2v) is 5.11. The van der Waals surface area contributed by atoms with Crippen LogP contribution >= 0.6 is 11.6 Å². The smallest absolute Gasteiger partial charge is 0.256 e. The molecule has 0 spiro atoms. The molecule has 1 amide bonds. The lowest BCUT2D eigenvalue weighted by molar-refractivity contribution is -0.119. The van der Waals surface area contributed by atoms with Gasteiger partial charge in [0.25, 0.3) is 5.91 Å². The number of carbonyl (C=O) groups excluding carboxylic acids is 1. The van der Waals surface area contributed by atoms with Gasteiger partial charge in [0, 0.05) is 5.02 Å². The SMILES string of the molecule is NC(N)=NC(=O)C(Cc1ccccc1)c1cccc(Cl)c1. The van der Waals surface area contributed by atoms with Crippen molar-refractivity contribution in [3.05, 3.63) is 70.7 Å². The molecule has 0 aliphatic rings. The summed E-state index contributed by atoms with van der Waals surface area (Å²) in [5.74, 6) is -1.07. The van der Waals surface area contributed by atoms with Crippen LogP contribution in [-0.4, -0.2) is 11.9 Å². The number of carbonyl (C=O) groups is 1. The Bertz CT molecular complexity index is 652. The summed E-state index contributed by atoms with van der Waals surface area (Å²) in [5.41, 5.74) is 12.4. The molecule has 0 radical (unpaired) electrons. The van der Waals surface area contributed by atoms with Gasteiger partial charge >= 0.3 is 0 Å². The zero-order valence-corrected chi connectivity index (χ0v) is 12.1. The van der Waals surface area contributed by atoms with Gasteiger partial charge < -0.3 is 11.5 Å². The van der Waals surface area contributed by atoms with Crippen LogP contribution in [0.4, 0.5) is 0 Å². The quantitative estimate of drug-likeness (QED) is 0.672.